The van der Waals surface area contributed by atoms with Gasteiger partial charge in [-0.3, -0.25) is 9.59 Å². The Morgan fingerprint density at radius 2 is 1.50 bits per heavy atom. The van der Waals surface area contributed by atoms with Crippen molar-refractivity contribution in [3.8, 4) is 5.75 Å². The Morgan fingerprint density at radius 1 is 0.833 bits per heavy atom. The minimum atomic E-state index is -0.603. The maximum absolute atomic E-state index is 13.2. The first-order chi connectivity index (χ1) is 17.3. The molecule has 6 nitrogen and oxygen atoms in total. The number of imide groups is 1. The summed E-state index contributed by atoms with van der Waals surface area (Å²) in [6.45, 7) is 3.86. The summed E-state index contributed by atoms with van der Waals surface area (Å²) in [5.74, 6) is -1.19. The van der Waals surface area contributed by atoms with Crippen LogP contribution in [0.3, 0.4) is 0 Å². The Hall–Kier alpha value is -4.42. The number of hydrogen-bond donors (Lipinski definition) is 1. The van der Waals surface area contributed by atoms with Crippen molar-refractivity contribution in [1.29, 1.82) is 0 Å². The van der Waals surface area contributed by atoms with Crippen LogP contribution in [0.5, 0.6) is 5.75 Å². The summed E-state index contributed by atoms with van der Waals surface area (Å²) < 4.78 is 5.49. The molecule has 0 aliphatic carbocycles. The molecule has 1 heterocycles. The van der Waals surface area contributed by atoms with Gasteiger partial charge in [0.15, 0.2) is 0 Å². The van der Waals surface area contributed by atoms with Gasteiger partial charge in [0, 0.05) is 11.1 Å². The van der Waals surface area contributed by atoms with Crippen LogP contribution in [0.15, 0.2) is 95.7 Å². The summed E-state index contributed by atoms with van der Waals surface area (Å²) >= 11 is 6.30. The Labute approximate surface area is 212 Å². The lowest BCUT2D eigenvalue weighted by molar-refractivity contribution is -0.120. The van der Waals surface area contributed by atoms with Crippen LogP contribution in [0, 0.1) is 13.8 Å². The number of carbonyl (C=O) groups excluding carboxylic acids is 3. The second-order valence-electron chi connectivity index (χ2n) is 8.55. The van der Waals surface area contributed by atoms with Crippen LogP contribution in [0.4, 0.5) is 11.4 Å². The van der Waals surface area contributed by atoms with Crippen molar-refractivity contribution in [3.05, 3.63) is 112 Å². The fourth-order valence-electron chi connectivity index (χ4n) is 4.23. The zero-order chi connectivity index (χ0) is 25.4. The van der Waals surface area contributed by atoms with E-state index in [0.29, 0.717) is 22.7 Å². The second-order valence-corrected chi connectivity index (χ2v) is 8.93. The molecule has 4 aromatic rings. The van der Waals surface area contributed by atoms with Crippen LogP contribution in [0.2, 0.25) is 0 Å². The number of nitrogens with zero attached hydrogens (tertiary/aromatic N) is 1. The molecule has 1 N–H and O–H groups in total. The SMILES string of the molecule is Cc1cc(C)cc(OC(=O)c2ccc(NC3=C(Cl)C(=O)N(c4cccc5ccccc45)C3=O)cc2)c1. The number of ether oxygens (including phenoxy) is 1. The quantitative estimate of drug-likeness (QED) is 0.205. The molecule has 0 spiro atoms. The molecule has 0 bridgehead atoms. The molecule has 0 saturated heterocycles. The zero-order valence-electron chi connectivity index (χ0n) is 19.5. The highest BCUT2D eigenvalue weighted by Crippen LogP contribution is 2.34. The number of halogens is 1. The fraction of sp³-hybridized carbons (Fsp3) is 0.0690. The number of anilines is 2. The van der Waals surface area contributed by atoms with Crippen LogP contribution in [0.25, 0.3) is 10.8 Å². The average molecular weight is 497 g/mol. The number of aryl methyl sites for hydroxylation is 2. The third kappa shape index (κ3) is 4.34. The first kappa shape index (κ1) is 23.3. The van der Waals surface area contributed by atoms with E-state index >= 15 is 0 Å². The highest BCUT2D eigenvalue weighted by atomic mass is 35.5. The van der Waals surface area contributed by atoms with Crippen molar-refractivity contribution in [2.24, 2.45) is 0 Å². The van der Waals surface area contributed by atoms with E-state index in [1.807, 2.05) is 50.2 Å². The van der Waals surface area contributed by atoms with Crippen LogP contribution in [-0.4, -0.2) is 17.8 Å². The molecule has 2 amide bonds. The van der Waals surface area contributed by atoms with Gasteiger partial charge in [-0.2, -0.15) is 0 Å². The van der Waals surface area contributed by atoms with E-state index in [1.54, 1.807) is 48.5 Å². The van der Waals surface area contributed by atoms with E-state index in [-0.39, 0.29) is 10.7 Å². The van der Waals surface area contributed by atoms with Crippen molar-refractivity contribution < 1.29 is 19.1 Å². The number of amides is 2. The summed E-state index contributed by atoms with van der Waals surface area (Å²) in [6.07, 6.45) is 0. The Bertz CT molecular complexity index is 1550. The van der Waals surface area contributed by atoms with Gasteiger partial charge in [-0.1, -0.05) is 54.1 Å². The van der Waals surface area contributed by atoms with Gasteiger partial charge in [0.2, 0.25) is 0 Å². The minimum Gasteiger partial charge on any atom is -0.423 e. The molecule has 0 unspecified atom stereocenters. The van der Waals surface area contributed by atoms with E-state index in [4.69, 9.17) is 16.3 Å². The third-order valence-corrected chi connectivity index (χ3v) is 6.18. The number of rotatable bonds is 5. The van der Waals surface area contributed by atoms with E-state index < -0.39 is 17.8 Å². The van der Waals surface area contributed by atoms with Crippen molar-refractivity contribution in [2.75, 3.05) is 10.2 Å². The fourth-order valence-corrected chi connectivity index (χ4v) is 4.44. The minimum absolute atomic E-state index is 0.0276. The summed E-state index contributed by atoms with van der Waals surface area (Å²) in [6, 6.07) is 24.9. The number of fused-ring (bicyclic) bond motifs is 1. The molecule has 178 valence electrons. The lowest BCUT2D eigenvalue weighted by Gasteiger charge is -2.17. The number of benzene rings is 4. The predicted molar refractivity (Wildman–Crippen MR) is 140 cm³/mol. The molecule has 0 saturated carbocycles. The van der Waals surface area contributed by atoms with Crippen LogP contribution >= 0.6 is 11.6 Å². The van der Waals surface area contributed by atoms with Gasteiger partial charge in [-0.05, 0) is 72.8 Å². The molecular weight excluding hydrogens is 476 g/mol. The highest BCUT2D eigenvalue weighted by Gasteiger charge is 2.39. The molecule has 1 aliphatic heterocycles. The largest absolute Gasteiger partial charge is 0.423 e. The van der Waals surface area contributed by atoms with E-state index in [0.717, 1.165) is 26.8 Å². The molecule has 1 aliphatic rings. The Morgan fingerprint density at radius 3 is 2.22 bits per heavy atom. The summed E-state index contributed by atoms with van der Waals surface area (Å²) in [5, 5.41) is 4.39. The number of hydrogen-bond acceptors (Lipinski definition) is 5. The Kier molecular flexibility index (Phi) is 6.04. The van der Waals surface area contributed by atoms with Gasteiger partial charge in [0.1, 0.15) is 16.5 Å². The van der Waals surface area contributed by atoms with E-state index in [1.165, 1.54) is 0 Å². The first-order valence-electron chi connectivity index (χ1n) is 11.3. The molecule has 0 aromatic heterocycles. The third-order valence-electron chi connectivity index (χ3n) is 5.83. The monoisotopic (exact) mass is 496 g/mol. The van der Waals surface area contributed by atoms with Gasteiger partial charge in [-0.25, -0.2) is 9.69 Å². The molecule has 5 rings (SSSR count). The highest BCUT2D eigenvalue weighted by molar-refractivity contribution is 6.53. The normalized spacial score (nSPS) is 13.5. The van der Waals surface area contributed by atoms with Crippen molar-refractivity contribution in [1.82, 2.24) is 0 Å². The number of carbonyl (C=O) groups is 3. The lowest BCUT2D eigenvalue weighted by atomic mass is 10.1. The molecule has 0 fully saturated rings. The van der Waals surface area contributed by atoms with Crippen LogP contribution in [-0.2, 0) is 9.59 Å². The second kappa shape index (κ2) is 9.32. The number of esters is 1. The smallest absolute Gasteiger partial charge is 0.343 e. The van der Waals surface area contributed by atoms with Crippen molar-refractivity contribution in [2.45, 2.75) is 13.8 Å². The predicted octanol–water partition coefficient (Wildman–Crippen LogP) is 6.11. The summed E-state index contributed by atoms with van der Waals surface area (Å²) in [7, 11) is 0. The average Bonchev–Trinajstić information content (AvgIpc) is 3.06. The molecule has 4 aromatic carbocycles. The van der Waals surface area contributed by atoms with Gasteiger partial charge < -0.3 is 10.1 Å². The molecule has 0 atom stereocenters. The van der Waals surface area contributed by atoms with Crippen LogP contribution < -0.4 is 15.0 Å². The van der Waals surface area contributed by atoms with E-state index in [9.17, 15) is 14.4 Å². The van der Waals surface area contributed by atoms with Gasteiger partial charge >= 0.3 is 5.97 Å². The van der Waals surface area contributed by atoms with Gasteiger partial charge in [0.25, 0.3) is 11.8 Å². The van der Waals surface area contributed by atoms with E-state index in [2.05, 4.69) is 5.32 Å². The summed E-state index contributed by atoms with van der Waals surface area (Å²) in [5.41, 5.74) is 3.26. The first-order valence-corrected chi connectivity index (χ1v) is 11.6. The molecular formula is C29H21ClN2O4. The standard InChI is InChI=1S/C29H21ClN2O4/c1-17-14-18(2)16-22(15-17)36-29(35)20-10-12-21(13-11-20)31-26-25(30)27(33)32(28(26)34)24-9-5-7-19-6-3-4-8-23(19)24/h3-16,31H,1-2H3. The lowest BCUT2D eigenvalue weighted by Crippen LogP contribution is -2.32. The molecule has 36 heavy (non-hydrogen) atoms. The van der Waals surface area contributed by atoms with Crippen molar-refractivity contribution in [3.63, 3.8) is 0 Å². The zero-order valence-corrected chi connectivity index (χ0v) is 20.3. The molecule has 0 radical (unpaired) electrons. The van der Waals surface area contributed by atoms with Gasteiger partial charge in [0.05, 0.1) is 11.3 Å². The molecule has 7 heteroatoms. The van der Waals surface area contributed by atoms with Crippen molar-refractivity contribution >= 4 is 51.5 Å². The Balaban J connectivity index is 1.34. The van der Waals surface area contributed by atoms with Gasteiger partial charge in [-0.15, -0.1) is 0 Å². The topological polar surface area (TPSA) is 75.7 Å². The maximum Gasteiger partial charge on any atom is 0.343 e. The van der Waals surface area contributed by atoms with Crippen LogP contribution in [0.1, 0.15) is 21.5 Å². The summed E-state index contributed by atoms with van der Waals surface area (Å²) in [4.78, 5) is 39.8. The number of nitrogens with one attached hydrogen (secondary N) is 1. The maximum atomic E-state index is 13.2.